The molecule has 0 bridgehead atoms. The SMILES string of the molecule is Cc1nn(C)c(Sc2cc(Cl)ccc2Cl)c1CCN. The van der Waals surface area contributed by atoms with Crippen molar-refractivity contribution in [3.8, 4) is 0 Å². The Hall–Kier alpha value is -0.680. The van der Waals surface area contributed by atoms with Gasteiger partial charge in [-0.1, -0.05) is 35.0 Å². The molecule has 0 saturated carbocycles. The Labute approximate surface area is 127 Å². The molecule has 1 aromatic carbocycles. The van der Waals surface area contributed by atoms with Gasteiger partial charge in [-0.3, -0.25) is 4.68 Å². The van der Waals surface area contributed by atoms with E-state index in [4.69, 9.17) is 28.9 Å². The van der Waals surface area contributed by atoms with Crippen LogP contribution in [0.15, 0.2) is 28.1 Å². The Morgan fingerprint density at radius 2 is 2.11 bits per heavy atom. The van der Waals surface area contributed by atoms with Crippen molar-refractivity contribution in [1.82, 2.24) is 9.78 Å². The minimum atomic E-state index is 0.601. The number of rotatable bonds is 4. The molecule has 0 amide bonds. The lowest BCUT2D eigenvalue weighted by Gasteiger charge is -2.07. The largest absolute Gasteiger partial charge is 0.330 e. The molecule has 102 valence electrons. The van der Waals surface area contributed by atoms with E-state index in [-0.39, 0.29) is 0 Å². The van der Waals surface area contributed by atoms with E-state index in [1.165, 1.54) is 5.56 Å². The molecule has 19 heavy (non-hydrogen) atoms. The van der Waals surface area contributed by atoms with Gasteiger partial charge in [0.2, 0.25) is 0 Å². The Morgan fingerprint density at radius 1 is 1.37 bits per heavy atom. The third kappa shape index (κ3) is 3.26. The molecule has 0 aliphatic carbocycles. The van der Waals surface area contributed by atoms with Gasteiger partial charge in [0.15, 0.2) is 0 Å². The van der Waals surface area contributed by atoms with Gasteiger partial charge in [-0.05, 0) is 38.1 Å². The highest BCUT2D eigenvalue weighted by Crippen LogP contribution is 2.37. The maximum Gasteiger partial charge on any atom is 0.102 e. The number of halogens is 2. The lowest BCUT2D eigenvalue weighted by molar-refractivity contribution is 0.688. The molecule has 6 heteroatoms. The molecule has 0 radical (unpaired) electrons. The molecule has 3 nitrogen and oxygen atoms in total. The number of benzene rings is 1. The van der Waals surface area contributed by atoms with E-state index in [1.807, 2.05) is 24.7 Å². The van der Waals surface area contributed by atoms with Crippen LogP contribution in [-0.2, 0) is 13.5 Å². The lowest BCUT2D eigenvalue weighted by Crippen LogP contribution is -2.04. The van der Waals surface area contributed by atoms with E-state index < -0.39 is 0 Å². The fourth-order valence-corrected chi connectivity index (χ4v) is 3.48. The average Bonchev–Trinajstić information content (AvgIpc) is 2.61. The van der Waals surface area contributed by atoms with E-state index in [0.717, 1.165) is 22.0 Å². The van der Waals surface area contributed by atoms with Crippen LogP contribution in [0.4, 0.5) is 0 Å². The van der Waals surface area contributed by atoms with Crippen molar-refractivity contribution in [2.75, 3.05) is 6.54 Å². The highest BCUT2D eigenvalue weighted by molar-refractivity contribution is 7.99. The maximum atomic E-state index is 6.20. The van der Waals surface area contributed by atoms with Crippen LogP contribution in [0.1, 0.15) is 11.3 Å². The van der Waals surface area contributed by atoms with Gasteiger partial charge < -0.3 is 5.73 Å². The number of nitrogens with zero attached hydrogens (tertiary/aromatic N) is 2. The molecule has 0 atom stereocenters. The monoisotopic (exact) mass is 315 g/mol. The van der Waals surface area contributed by atoms with Gasteiger partial charge in [0, 0.05) is 22.5 Å². The first-order valence-corrected chi connectivity index (χ1v) is 7.45. The van der Waals surface area contributed by atoms with Crippen LogP contribution in [0.5, 0.6) is 0 Å². The van der Waals surface area contributed by atoms with E-state index in [0.29, 0.717) is 16.6 Å². The van der Waals surface area contributed by atoms with Crippen molar-refractivity contribution in [3.63, 3.8) is 0 Å². The summed E-state index contributed by atoms with van der Waals surface area (Å²) in [6.07, 6.45) is 0.806. The second kappa shape index (κ2) is 6.18. The Balaban J connectivity index is 2.40. The third-order valence-corrected chi connectivity index (χ3v) is 4.72. The summed E-state index contributed by atoms with van der Waals surface area (Å²) >= 11 is 13.8. The summed E-state index contributed by atoms with van der Waals surface area (Å²) in [6, 6.07) is 5.45. The van der Waals surface area contributed by atoms with Crippen molar-refractivity contribution < 1.29 is 0 Å². The normalized spacial score (nSPS) is 11.0. The summed E-state index contributed by atoms with van der Waals surface area (Å²) in [5.74, 6) is 0. The predicted octanol–water partition coefficient (Wildman–Crippen LogP) is 3.69. The van der Waals surface area contributed by atoms with Gasteiger partial charge in [-0.15, -0.1) is 0 Å². The molecule has 1 heterocycles. The van der Waals surface area contributed by atoms with Crippen molar-refractivity contribution >= 4 is 35.0 Å². The van der Waals surface area contributed by atoms with E-state index in [9.17, 15) is 0 Å². The summed E-state index contributed by atoms with van der Waals surface area (Å²) in [5.41, 5.74) is 7.84. The van der Waals surface area contributed by atoms with Gasteiger partial charge in [-0.2, -0.15) is 5.10 Å². The average molecular weight is 316 g/mol. The first-order valence-electron chi connectivity index (χ1n) is 5.88. The maximum absolute atomic E-state index is 6.20. The van der Waals surface area contributed by atoms with Crippen LogP contribution < -0.4 is 5.73 Å². The quantitative estimate of drug-likeness (QED) is 0.935. The smallest absolute Gasteiger partial charge is 0.102 e. The summed E-state index contributed by atoms with van der Waals surface area (Å²) < 4.78 is 1.86. The van der Waals surface area contributed by atoms with Gasteiger partial charge in [-0.25, -0.2) is 0 Å². The Bertz CT molecular complexity index is 596. The Morgan fingerprint density at radius 3 is 2.79 bits per heavy atom. The number of nitrogens with two attached hydrogens (primary N) is 1. The number of aromatic nitrogens is 2. The van der Waals surface area contributed by atoms with Crippen LogP contribution in [0, 0.1) is 6.92 Å². The molecule has 0 aliphatic heterocycles. The first kappa shape index (κ1) is 14.7. The fraction of sp³-hybridized carbons (Fsp3) is 0.308. The topological polar surface area (TPSA) is 43.8 Å². The molecular weight excluding hydrogens is 301 g/mol. The highest BCUT2D eigenvalue weighted by atomic mass is 35.5. The second-order valence-corrected chi connectivity index (χ2v) is 6.08. The number of hydrogen-bond donors (Lipinski definition) is 1. The molecule has 2 N–H and O–H groups in total. The Kier molecular flexibility index (Phi) is 4.79. The molecule has 0 fully saturated rings. The summed E-state index contributed by atoms with van der Waals surface area (Å²) in [4.78, 5) is 0.926. The highest BCUT2D eigenvalue weighted by Gasteiger charge is 2.15. The molecule has 0 aliphatic rings. The lowest BCUT2D eigenvalue weighted by atomic mass is 10.2. The predicted molar refractivity (Wildman–Crippen MR) is 81.3 cm³/mol. The van der Waals surface area contributed by atoms with Gasteiger partial charge >= 0.3 is 0 Å². The van der Waals surface area contributed by atoms with Gasteiger partial charge in [0.25, 0.3) is 0 Å². The standard InChI is InChI=1S/C13H15Cl2N3S/c1-8-10(5-6-16)13(18(2)17-8)19-12-7-9(14)3-4-11(12)15/h3-4,7H,5-6,16H2,1-2H3. The van der Waals surface area contributed by atoms with Crippen molar-refractivity contribution in [3.05, 3.63) is 39.5 Å². The van der Waals surface area contributed by atoms with E-state index in [2.05, 4.69) is 5.10 Å². The van der Waals surface area contributed by atoms with Crippen LogP contribution >= 0.6 is 35.0 Å². The fourth-order valence-electron chi connectivity index (χ4n) is 1.90. The van der Waals surface area contributed by atoms with Crippen LogP contribution in [0.3, 0.4) is 0 Å². The van der Waals surface area contributed by atoms with Gasteiger partial charge in [0.1, 0.15) is 5.03 Å². The molecule has 2 aromatic rings. The first-order chi connectivity index (χ1) is 9.02. The van der Waals surface area contributed by atoms with Gasteiger partial charge in [0.05, 0.1) is 10.7 Å². The molecule has 0 unspecified atom stereocenters. The minimum absolute atomic E-state index is 0.601. The summed E-state index contributed by atoms with van der Waals surface area (Å²) in [5, 5.41) is 6.86. The summed E-state index contributed by atoms with van der Waals surface area (Å²) in [6.45, 7) is 2.60. The zero-order chi connectivity index (χ0) is 14.0. The van der Waals surface area contributed by atoms with Crippen molar-refractivity contribution in [2.24, 2.45) is 12.8 Å². The molecule has 0 saturated heterocycles. The van der Waals surface area contributed by atoms with Crippen LogP contribution in [0.2, 0.25) is 10.0 Å². The number of aryl methyl sites for hydroxylation is 2. The van der Waals surface area contributed by atoms with Crippen LogP contribution in [0.25, 0.3) is 0 Å². The second-order valence-electron chi connectivity index (χ2n) is 4.21. The van der Waals surface area contributed by atoms with Crippen molar-refractivity contribution in [2.45, 2.75) is 23.3 Å². The van der Waals surface area contributed by atoms with E-state index >= 15 is 0 Å². The third-order valence-electron chi connectivity index (χ3n) is 2.78. The molecular formula is C13H15Cl2N3S. The minimum Gasteiger partial charge on any atom is -0.330 e. The molecule has 2 rings (SSSR count). The zero-order valence-corrected chi connectivity index (χ0v) is 13.1. The van der Waals surface area contributed by atoms with Crippen LogP contribution in [-0.4, -0.2) is 16.3 Å². The zero-order valence-electron chi connectivity index (χ0n) is 10.8. The van der Waals surface area contributed by atoms with Crippen molar-refractivity contribution in [1.29, 1.82) is 0 Å². The molecule has 0 spiro atoms. The van der Waals surface area contributed by atoms with E-state index in [1.54, 1.807) is 23.9 Å². The summed E-state index contributed by atoms with van der Waals surface area (Å²) in [7, 11) is 1.92. The molecule has 1 aromatic heterocycles. The number of hydrogen-bond acceptors (Lipinski definition) is 3.